The Kier molecular flexibility index (Phi) is 3.14. The number of carbonyl (C=O) groups excluding carboxylic acids is 1. The minimum atomic E-state index is -0.577. The van der Waals surface area contributed by atoms with Gasteiger partial charge in [0.25, 0.3) is 5.91 Å². The number of anilines is 1. The van der Waals surface area contributed by atoms with Crippen molar-refractivity contribution in [3.05, 3.63) is 21.7 Å². The third-order valence-corrected chi connectivity index (χ3v) is 3.87. The van der Waals surface area contributed by atoms with Crippen LogP contribution in [0.25, 0.3) is 0 Å². The van der Waals surface area contributed by atoms with Gasteiger partial charge in [-0.15, -0.1) is 0 Å². The quantitative estimate of drug-likeness (QED) is 0.859. The number of halogens is 1. The van der Waals surface area contributed by atoms with Gasteiger partial charge in [0.05, 0.1) is 5.69 Å². The van der Waals surface area contributed by atoms with Crippen LogP contribution < -0.4 is 15.4 Å². The Bertz CT molecular complexity index is 488. The summed E-state index contributed by atoms with van der Waals surface area (Å²) < 4.78 is 6.67. The maximum absolute atomic E-state index is 12.0. The van der Waals surface area contributed by atoms with Gasteiger partial charge in [0, 0.05) is 18.1 Å². The van der Waals surface area contributed by atoms with Crippen molar-refractivity contribution in [3.63, 3.8) is 0 Å². The maximum Gasteiger partial charge on any atom is 0.269 e. The molecule has 0 aromatic heterocycles. The molecule has 2 N–H and O–H groups in total. The largest absolute Gasteiger partial charge is 0.477 e. The maximum atomic E-state index is 12.0. The smallest absolute Gasteiger partial charge is 0.269 e. The number of nitrogens with two attached hydrogens (primary N) is 1. The fraction of sp³-hybridized carbons (Fsp3) is 0.417. The molecule has 0 radical (unpaired) electrons. The number of likely N-dealkylation sites (N-methyl/N-ethyl adjacent to an activating group) is 1. The summed E-state index contributed by atoms with van der Waals surface area (Å²) >= 11 is 3.49. The standard InChI is InChI=1S/C12H15BrN2O2/c1-6-4-8(13)7(2)10-11(6)17-9(5-14)12(16)15(10)3/h4,9H,5,14H2,1-3H3. The van der Waals surface area contributed by atoms with Crippen LogP contribution in [0, 0.1) is 13.8 Å². The highest BCUT2D eigenvalue weighted by atomic mass is 79.9. The Balaban J connectivity index is 2.64. The number of fused-ring (bicyclic) bond motifs is 1. The molecule has 0 saturated heterocycles. The van der Waals surface area contributed by atoms with Crippen LogP contribution in [0.4, 0.5) is 5.69 Å². The Morgan fingerprint density at radius 3 is 2.76 bits per heavy atom. The average Bonchev–Trinajstić information content (AvgIpc) is 2.29. The molecule has 5 heteroatoms. The van der Waals surface area contributed by atoms with Crippen molar-refractivity contribution in [2.75, 3.05) is 18.5 Å². The number of hydrogen-bond acceptors (Lipinski definition) is 3. The molecule has 1 unspecified atom stereocenters. The van der Waals surface area contributed by atoms with Crippen molar-refractivity contribution < 1.29 is 9.53 Å². The molecule has 4 nitrogen and oxygen atoms in total. The van der Waals surface area contributed by atoms with E-state index in [1.807, 2.05) is 19.9 Å². The van der Waals surface area contributed by atoms with Gasteiger partial charge < -0.3 is 15.4 Å². The van der Waals surface area contributed by atoms with Crippen molar-refractivity contribution in [3.8, 4) is 5.75 Å². The Labute approximate surface area is 109 Å². The number of rotatable bonds is 1. The highest BCUT2D eigenvalue weighted by Gasteiger charge is 2.33. The predicted molar refractivity (Wildman–Crippen MR) is 70.5 cm³/mol. The summed E-state index contributed by atoms with van der Waals surface area (Å²) in [5, 5.41) is 0. The predicted octanol–water partition coefficient (Wildman–Crippen LogP) is 1.75. The first-order valence-electron chi connectivity index (χ1n) is 5.41. The molecule has 1 heterocycles. The van der Waals surface area contributed by atoms with Crippen molar-refractivity contribution in [2.24, 2.45) is 5.73 Å². The number of amides is 1. The van der Waals surface area contributed by atoms with Crippen LogP contribution in [0.1, 0.15) is 11.1 Å². The fourth-order valence-electron chi connectivity index (χ4n) is 2.05. The minimum Gasteiger partial charge on any atom is -0.477 e. The Morgan fingerprint density at radius 2 is 2.18 bits per heavy atom. The molecule has 0 aliphatic carbocycles. The van der Waals surface area contributed by atoms with Crippen molar-refractivity contribution in [1.29, 1.82) is 0 Å². The lowest BCUT2D eigenvalue weighted by atomic mass is 10.1. The van der Waals surface area contributed by atoms with Gasteiger partial charge in [-0.2, -0.15) is 0 Å². The molecule has 1 aromatic rings. The van der Waals surface area contributed by atoms with E-state index in [1.54, 1.807) is 11.9 Å². The van der Waals surface area contributed by atoms with Gasteiger partial charge in [-0.3, -0.25) is 4.79 Å². The summed E-state index contributed by atoms with van der Waals surface area (Å²) in [6.45, 7) is 4.11. The highest BCUT2D eigenvalue weighted by molar-refractivity contribution is 9.10. The summed E-state index contributed by atoms with van der Waals surface area (Å²) in [5.74, 6) is 0.656. The van der Waals surface area contributed by atoms with Gasteiger partial charge in [-0.05, 0) is 31.0 Å². The van der Waals surface area contributed by atoms with Crippen LogP contribution in [0.5, 0.6) is 5.75 Å². The van der Waals surface area contributed by atoms with Gasteiger partial charge in [-0.25, -0.2) is 0 Å². The molecule has 17 heavy (non-hydrogen) atoms. The molecule has 1 aliphatic rings. The second-order valence-electron chi connectivity index (χ2n) is 4.22. The number of ether oxygens (including phenoxy) is 1. The molecule has 0 spiro atoms. The normalized spacial score (nSPS) is 19.0. The van der Waals surface area contributed by atoms with Gasteiger partial charge in [0.15, 0.2) is 6.10 Å². The van der Waals surface area contributed by atoms with E-state index in [4.69, 9.17) is 10.5 Å². The van der Waals surface area contributed by atoms with Crippen LogP contribution in [-0.2, 0) is 4.79 Å². The number of aryl methyl sites for hydroxylation is 1. The van der Waals surface area contributed by atoms with E-state index in [9.17, 15) is 4.79 Å². The molecular weight excluding hydrogens is 284 g/mol. The number of nitrogens with zero attached hydrogens (tertiary/aromatic N) is 1. The first kappa shape index (κ1) is 12.4. The lowest BCUT2D eigenvalue weighted by molar-refractivity contribution is -0.125. The van der Waals surface area contributed by atoms with E-state index < -0.39 is 6.10 Å². The Hall–Kier alpha value is -1.07. The number of hydrogen-bond donors (Lipinski definition) is 1. The van der Waals surface area contributed by atoms with Crippen LogP contribution in [0.15, 0.2) is 10.5 Å². The first-order valence-corrected chi connectivity index (χ1v) is 6.20. The van der Waals surface area contributed by atoms with E-state index in [0.29, 0.717) is 0 Å². The van der Waals surface area contributed by atoms with Crippen molar-refractivity contribution >= 4 is 27.5 Å². The van der Waals surface area contributed by atoms with Crippen LogP contribution in [0.2, 0.25) is 0 Å². The lowest BCUT2D eigenvalue weighted by Gasteiger charge is -2.34. The molecule has 92 valence electrons. The molecule has 1 aromatic carbocycles. The summed E-state index contributed by atoms with van der Waals surface area (Å²) in [6.07, 6.45) is -0.577. The molecule has 1 aliphatic heterocycles. The van der Waals surface area contributed by atoms with Crippen LogP contribution >= 0.6 is 15.9 Å². The van der Waals surface area contributed by atoms with Crippen molar-refractivity contribution in [2.45, 2.75) is 20.0 Å². The zero-order valence-electron chi connectivity index (χ0n) is 10.1. The van der Waals surface area contributed by atoms with E-state index in [2.05, 4.69) is 15.9 Å². The molecule has 0 saturated carbocycles. The highest BCUT2D eigenvalue weighted by Crippen LogP contribution is 2.42. The minimum absolute atomic E-state index is 0.0967. The van der Waals surface area contributed by atoms with Gasteiger partial charge in [-0.1, -0.05) is 15.9 Å². The summed E-state index contributed by atoms with van der Waals surface area (Å²) in [6, 6.07) is 1.99. The number of benzene rings is 1. The SMILES string of the molecule is Cc1cc(Br)c(C)c2c1OC(CN)C(=O)N2C. The Morgan fingerprint density at radius 1 is 1.53 bits per heavy atom. The molecular formula is C12H15BrN2O2. The topological polar surface area (TPSA) is 55.6 Å². The molecule has 0 fully saturated rings. The lowest BCUT2D eigenvalue weighted by Crippen LogP contribution is -2.48. The van der Waals surface area contributed by atoms with E-state index in [0.717, 1.165) is 27.0 Å². The van der Waals surface area contributed by atoms with E-state index in [-0.39, 0.29) is 12.5 Å². The monoisotopic (exact) mass is 298 g/mol. The molecule has 1 amide bonds. The summed E-state index contributed by atoms with van der Waals surface area (Å²) in [4.78, 5) is 13.6. The third-order valence-electron chi connectivity index (χ3n) is 3.05. The van der Waals surface area contributed by atoms with E-state index in [1.165, 1.54) is 0 Å². The van der Waals surface area contributed by atoms with E-state index >= 15 is 0 Å². The fourth-order valence-corrected chi connectivity index (χ4v) is 2.59. The zero-order chi connectivity index (χ0) is 12.7. The second-order valence-corrected chi connectivity index (χ2v) is 5.07. The van der Waals surface area contributed by atoms with Gasteiger partial charge >= 0.3 is 0 Å². The molecule has 0 bridgehead atoms. The summed E-state index contributed by atoms with van der Waals surface area (Å²) in [7, 11) is 1.76. The van der Waals surface area contributed by atoms with Crippen molar-refractivity contribution in [1.82, 2.24) is 0 Å². The van der Waals surface area contributed by atoms with Gasteiger partial charge in [0.1, 0.15) is 5.75 Å². The third kappa shape index (κ3) is 1.83. The summed E-state index contributed by atoms with van der Waals surface area (Å²) in [5.41, 5.74) is 8.37. The first-order chi connectivity index (χ1) is 7.97. The van der Waals surface area contributed by atoms with Crippen LogP contribution in [-0.4, -0.2) is 25.6 Å². The zero-order valence-corrected chi connectivity index (χ0v) is 11.7. The second kappa shape index (κ2) is 4.31. The average molecular weight is 299 g/mol. The van der Waals surface area contributed by atoms with Gasteiger partial charge in [0.2, 0.25) is 0 Å². The van der Waals surface area contributed by atoms with Crippen LogP contribution in [0.3, 0.4) is 0 Å². The molecule has 1 atom stereocenters. The molecule has 2 rings (SSSR count). The number of carbonyl (C=O) groups is 1.